The molecule has 0 radical (unpaired) electrons. The smallest absolute Gasteiger partial charge is 0.257 e. The zero-order chi connectivity index (χ0) is 16.2. The Bertz CT molecular complexity index is 679. The molecule has 1 saturated heterocycles. The number of carbonyl (C=O) groups excluding carboxylic acids is 1. The van der Waals surface area contributed by atoms with Gasteiger partial charge in [-0.2, -0.15) is 0 Å². The fourth-order valence-electron chi connectivity index (χ4n) is 2.73. The molecule has 1 aromatic carbocycles. The van der Waals surface area contributed by atoms with E-state index in [2.05, 4.69) is 14.9 Å². The monoisotopic (exact) mass is 312 g/mol. The van der Waals surface area contributed by atoms with Crippen LogP contribution in [0.2, 0.25) is 0 Å². The number of rotatable bonds is 3. The van der Waals surface area contributed by atoms with Crippen LogP contribution in [-0.2, 0) is 0 Å². The maximum Gasteiger partial charge on any atom is 0.257 e. The largest absolute Gasteiger partial charge is 0.495 e. The first-order chi connectivity index (χ1) is 11.2. The Kier molecular flexibility index (Phi) is 4.41. The van der Waals surface area contributed by atoms with Crippen molar-refractivity contribution in [1.29, 1.82) is 0 Å². The second-order valence-electron chi connectivity index (χ2n) is 5.47. The zero-order valence-electron chi connectivity index (χ0n) is 13.4. The van der Waals surface area contributed by atoms with E-state index >= 15 is 0 Å². The molecule has 6 heteroatoms. The molecular formula is C17H20N4O2. The molecule has 120 valence electrons. The lowest BCUT2D eigenvalue weighted by Crippen LogP contribution is -2.48. The highest BCUT2D eigenvalue weighted by atomic mass is 16.5. The van der Waals surface area contributed by atoms with E-state index in [1.165, 1.54) is 0 Å². The van der Waals surface area contributed by atoms with Crippen LogP contribution in [0.1, 0.15) is 16.2 Å². The quantitative estimate of drug-likeness (QED) is 0.864. The van der Waals surface area contributed by atoms with E-state index in [1.807, 2.05) is 29.2 Å². The minimum absolute atomic E-state index is 0.00956. The summed E-state index contributed by atoms with van der Waals surface area (Å²) in [7, 11) is 1.68. The number of hydrogen-bond donors (Lipinski definition) is 0. The van der Waals surface area contributed by atoms with Crippen molar-refractivity contribution in [3.63, 3.8) is 0 Å². The Hall–Kier alpha value is -2.63. The first kappa shape index (κ1) is 15.3. The number of para-hydroxylation sites is 2. The summed E-state index contributed by atoms with van der Waals surface area (Å²) in [5.74, 6) is 1.52. The molecule has 0 atom stereocenters. The molecule has 23 heavy (non-hydrogen) atoms. The third-order valence-electron chi connectivity index (χ3n) is 4.02. The zero-order valence-corrected chi connectivity index (χ0v) is 13.4. The van der Waals surface area contributed by atoms with E-state index in [0.717, 1.165) is 24.5 Å². The number of carbonyl (C=O) groups is 1. The molecule has 1 aliphatic rings. The number of hydrogen-bond acceptors (Lipinski definition) is 5. The van der Waals surface area contributed by atoms with Gasteiger partial charge in [0.2, 0.25) is 0 Å². The lowest BCUT2D eigenvalue weighted by atomic mass is 10.2. The van der Waals surface area contributed by atoms with Gasteiger partial charge in [0, 0.05) is 38.6 Å². The van der Waals surface area contributed by atoms with E-state index < -0.39 is 0 Å². The summed E-state index contributed by atoms with van der Waals surface area (Å²) in [6, 6.07) is 7.96. The van der Waals surface area contributed by atoms with Crippen LogP contribution in [0.5, 0.6) is 5.75 Å². The van der Waals surface area contributed by atoms with Crippen molar-refractivity contribution in [3.8, 4) is 5.75 Å². The molecule has 0 aliphatic carbocycles. The van der Waals surface area contributed by atoms with Crippen LogP contribution in [0, 0.1) is 6.92 Å². The summed E-state index contributed by atoms with van der Waals surface area (Å²) < 4.78 is 5.41. The van der Waals surface area contributed by atoms with Crippen molar-refractivity contribution in [1.82, 2.24) is 14.9 Å². The number of ether oxygens (including phenoxy) is 1. The molecule has 3 rings (SSSR count). The molecule has 1 aromatic heterocycles. The number of aryl methyl sites for hydroxylation is 1. The second-order valence-corrected chi connectivity index (χ2v) is 5.47. The number of piperazine rings is 1. The summed E-state index contributed by atoms with van der Waals surface area (Å²) in [5, 5.41) is 0. The first-order valence-electron chi connectivity index (χ1n) is 7.65. The van der Waals surface area contributed by atoms with Crippen molar-refractivity contribution < 1.29 is 9.53 Å². The predicted molar refractivity (Wildman–Crippen MR) is 87.9 cm³/mol. The van der Waals surface area contributed by atoms with E-state index in [1.54, 1.807) is 26.4 Å². The van der Waals surface area contributed by atoms with Gasteiger partial charge < -0.3 is 14.5 Å². The highest BCUT2D eigenvalue weighted by Gasteiger charge is 2.23. The highest BCUT2D eigenvalue weighted by molar-refractivity contribution is 5.93. The fourth-order valence-corrected chi connectivity index (χ4v) is 2.73. The van der Waals surface area contributed by atoms with Gasteiger partial charge in [-0.1, -0.05) is 12.1 Å². The van der Waals surface area contributed by atoms with Crippen molar-refractivity contribution in [2.45, 2.75) is 6.92 Å². The SMILES string of the molecule is COc1ccccc1N1CCN(C(=O)c2cnc(C)nc2)CC1. The van der Waals surface area contributed by atoms with Crippen LogP contribution in [-0.4, -0.2) is 54.1 Å². The molecule has 1 amide bonds. The maximum absolute atomic E-state index is 12.5. The normalized spacial score (nSPS) is 14.7. The van der Waals surface area contributed by atoms with Gasteiger partial charge >= 0.3 is 0 Å². The molecule has 6 nitrogen and oxygen atoms in total. The van der Waals surface area contributed by atoms with Gasteiger partial charge in [-0.25, -0.2) is 9.97 Å². The van der Waals surface area contributed by atoms with Crippen molar-refractivity contribution in [3.05, 3.63) is 48.0 Å². The Morgan fingerprint density at radius 1 is 1.09 bits per heavy atom. The van der Waals surface area contributed by atoms with Gasteiger partial charge in [0.05, 0.1) is 18.4 Å². The fraction of sp³-hybridized carbons (Fsp3) is 0.353. The van der Waals surface area contributed by atoms with Crippen LogP contribution >= 0.6 is 0 Å². The predicted octanol–water partition coefficient (Wildman–Crippen LogP) is 1.76. The van der Waals surface area contributed by atoms with Gasteiger partial charge in [-0.05, 0) is 19.1 Å². The Morgan fingerprint density at radius 2 is 1.74 bits per heavy atom. The van der Waals surface area contributed by atoms with Crippen LogP contribution < -0.4 is 9.64 Å². The summed E-state index contributed by atoms with van der Waals surface area (Å²) >= 11 is 0. The van der Waals surface area contributed by atoms with Crippen LogP contribution in [0.25, 0.3) is 0 Å². The lowest BCUT2D eigenvalue weighted by Gasteiger charge is -2.36. The molecule has 1 aliphatic heterocycles. The molecule has 0 saturated carbocycles. The minimum Gasteiger partial charge on any atom is -0.495 e. The average molecular weight is 312 g/mol. The topological polar surface area (TPSA) is 58.6 Å². The van der Waals surface area contributed by atoms with E-state index in [9.17, 15) is 4.79 Å². The average Bonchev–Trinajstić information content (AvgIpc) is 2.62. The molecule has 0 N–H and O–H groups in total. The third-order valence-corrected chi connectivity index (χ3v) is 4.02. The highest BCUT2D eigenvalue weighted by Crippen LogP contribution is 2.28. The van der Waals surface area contributed by atoms with E-state index in [0.29, 0.717) is 24.5 Å². The number of amides is 1. The molecule has 2 heterocycles. The van der Waals surface area contributed by atoms with E-state index in [-0.39, 0.29) is 5.91 Å². The Morgan fingerprint density at radius 3 is 2.39 bits per heavy atom. The number of benzene rings is 1. The lowest BCUT2D eigenvalue weighted by molar-refractivity contribution is 0.0746. The van der Waals surface area contributed by atoms with Gasteiger partial charge in [0.1, 0.15) is 11.6 Å². The van der Waals surface area contributed by atoms with Crippen LogP contribution in [0.3, 0.4) is 0 Å². The number of methoxy groups -OCH3 is 1. The Balaban J connectivity index is 1.66. The van der Waals surface area contributed by atoms with Crippen molar-refractivity contribution in [2.75, 3.05) is 38.2 Å². The summed E-state index contributed by atoms with van der Waals surface area (Å²) in [5.41, 5.74) is 1.61. The first-order valence-corrected chi connectivity index (χ1v) is 7.65. The second kappa shape index (κ2) is 6.64. The molecule has 0 spiro atoms. The maximum atomic E-state index is 12.5. The van der Waals surface area contributed by atoms with Crippen LogP contribution in [0.15, 0.2) is 36.7 Å². The number of anilines is 1. The Labute approximate surface area is 135 Å². The summed E-state index contributed by atoms with van der Waals surface area (Å²) in [4.78, 5) is 24.8. The van der Waals surface area contributed by atoms with Gasteiger partial charge in [0.15, 0.2) is 0 Å². The molecule has 0 unspecified atom stereocenters. The number of nitrogens with zero attached hydrogens (tertiary/aromatic N) is 4. The van der Waals surface area contributed by atoms with Gasteiger partial charge in [0.25, 0.3) is 5.91 Å². The van der Waals surface area contributed by atoms with Gasteiger partial charge in [-0.15, -0.1) is 0 Å². The van der Waals surface area contributed by atoms with E-state index in [4.69, 9.17) is 4.74 Å². The third kappa shape index (κ3) is 3.26. The summed E-state index contributed by atoms with van der Waals surface area (Å²) in [6.45, 7) is 4.70. The summed E-state index contributed by atoms with van der Waals surface area (Å²) in [6.07, 6.45) is 3.19. The standard InChI is InChI=1S/C17H20N4O2/c1-13-18-11-14(12-19-13)17(22)21-9-7-20(8-10-21)15-5-3-4-6-16(15)23-2/h3-6,11-12H,7-10H2,1-2H3. The molecule has 2 aromatic rings. The number of aromatic nitrogens is 2. The van der Waals surface area contributed by atoms with Gasteiger partial charge in [-0.3, -0.25) is 4.79 Å². The molecule has 1 fully saturated rings. The minimum atomic E-state index is -0.00956. The van der Waals surface area contributed by atoms with Crippen molar-refractivity contribution >= 4 is 11.6 Å². The van der Waals surface area contributed by atoms with Crippen molar-refractivity contribution in [2.24, 2.45) is 0 Å². The van der Waals surface area contributed by atoms with Crippen LogP contribution in [0.4, 0.5) is 5.69 Å². The molecular weight excluding hydrogens is 292 g/mol. The molecule has 0 bridgehead atoms.